The highest BCUT2D eigenvalue weighted by Gasteiger charge is 2.24. The molecule has 0 saturated carbocycles. The molecule has 0 spiro atoms. The fraction of sp³-hybridized carbons (Fsp3) is 0.433. The van der Waals surface area contributed by atoms with Gasteiger partial charge >= 0.3 is 0 Å². The molecule has 1 N–H and O–H groups in total. The molecule has 1 fully saturated rings. The first-order chi connectivity index (χ1) is 18.4. The Bertz CT molecular complexity index is 1350. The molecule has 8 nitrogen and oxygen atoms in total. The number of aliphatic hydroxyl groups excluding tert-OH is 1. The lowest BCUT2D eigenvalue weighted by Crippen LogP contribution is -2.40. The van der Waals surface area contributed by atoms with Crippen molar-refractivity contribution < 1.29 is 28.2 Å². The lowest BCUT2D eigenvalue weighted by molar-refractivity contribution is 0.0599. The number of ether oxygens (including phenoxy) is 3. The summed E-state index contributed by atoms with van der Waals surface area (Å²) in [6, 6.07) is 13.7. The van der Waals surface area contributed by atoms with Crippen LogP contribution in [-0.2, 0) is 0 Å². The summed E-state index contributed by atoms with van der Waals surface area (Å²) in [7, 11) is 3.32. The zero-order valence-electron chi connectivity index (χ0n) is 22.5. The third-order valence-corrected chi connectivity index (χ3v) is 7.19. The van der Waals surface area contributed by atoms with Gasteiger partial charge in [0.15, 0.2) is 17.3 Å². The molecule has 8 heteroatoms. The Kier molecular flexibility index (Phi) is 7.90. The first kappa shape index (κ1) is 26.1. The van der Waals surface area contributed by atoms with Crippen molar-refractivity contribution in [1.29, 1.82) is 0 Å². The number of likely N-dealkylation sites (tertiary alicyclic amines) is 1. The maximum Gasteiger partial charge on any atom is 0.263 e. The molecule has 1 saturated heterocycles. The molecule has 2 aromatic carbocycles. The van der Waals surface area contributed by atoms with E-state index in [9.17, 15) is 5.11 Å². The van der Waals surface area contributed by atoms with Gasteiger partial charge in [0.25, 0.3) is 5.89 Å². The van der Waals surface area contributed by atoms with Gasteiger partial charge in [-0.2, -0.15) is 0 Å². The zero-order chi connectivity index (χ0) is 26.6. The van der Waals surface area contributed by atoms with Crippen LogP contribution in [0.5, 0.6) is 17.2 Å². The Morgan fingerprint density at radius 2 is 1.79 bits per heavy atom. The first-order valence-electron chi connectivity index (χ1n) is 13.2. The smallest absolute Gasteiger partial charge is 0.263 e. The molecule has 38 heavy (non-hydrogen) atoms. The number of β-amino-alcohol motifs (C(OH)–C–C–N with tert-alkyl or cyclic N) is 1. The molecule has 1 atom stereocenters. The fourth-order valence-corrected chi connectivity index (χ4v) is 5.03. The second kappa shape index (κ2) is 11.5. The Morgan fingerprint density at radius 1 is 1.00 bits per heavy atom. The van der Waals surface area contributed by atoms with E-state index in [1.54, 1.807) is 20.4 Å². The third-order valence-electron chi connectivity index (χ3n) is 7.19. The van der Waals surface area contributed by atoms with Crippen molar-refractivity contribution >= 4 is 11.0 Å². The number of aromatic nitrogens is 1. The molecule has 0 bridgehead atoms. The zero-order valence-corrected chi connectivity index (χ0v) is 22.5. The SMILES string of the molecule is COc1ccc(C2CCN(C[C@H](O)COc3cccc4oc(-c5ncc(C(C)C)o5)cc34)CC2)cc1OC. The van der Waals surface area contributed by atoms with Gasteiger partial charge in [-0.15, -0.1) is 0 Å². The van der Waals surface area contributed by atoms with E-state index in [1.165, 1.54) is 5.56 Å². The first-order valence-corrected chi connectivity index (χ1v) is 13.2. The number of hydrogen-bond acceptors (Lipinski definition) is 8. The van der Waals surface area contributed by atoms with Crippen molar-refractivity contribution in [2.45, 2.75) is 44.6 Å². The van der Waals surface area contributed by atoms with Gasteiger partial charge < -0.3 is 33.1 Å². The number of nitrogens with zero attached hydrogens (tertiary/aromatic N) is 2. The van der Waals surface area contributed by atoms with Crippen molar-refractivity contribution in [1.82, 2.24) is 9.88 Å². The molecule has 1 aliphatic rings. The molecule has 0 aliphatic carbocycles. The second-order valence-electron chi connectivity index (χ2n) is 10.2. The number of hydrogen-bond donors (Lipinski definition) is 1. The molecule has 0 unspecified atom stereocenters. The van der Waals surface area contributed by atoms with E-state index in [2.05, 4.69) is 35.9 Å². The lowest BCUT2D eigenvalue weighted by atomic mass is 9.89. The van der Waals surface area contributed by atoms with Crippen LogP contribution in [0.2, 0.25) is 0 Å². The molecule has 0 radical (unpaired) electrons. The maximum atomic E-state index is 10.7. The summed E-state index contributed by atoms with van der Waals surface area (Å²) in [5.41, 5.74) is 1.96. The summed E-state index contributed by atoms with van der Waals surface area (Å²) in [6.07, 6.45) is 3.19. The number of fused-ring (bicyclic) bond motifs is 1. The van der Waals surface area contributed by atoms with Crippen LogP contribution in [0.25, 0.3) is 22.6 Å². The summed E-state index contributed by atoms with van der Waals surface area (Å²) >= 11 is 0. The average Bonchev–Trinajstić information content (AvgIpc) is 3.60. The van der Waals surface area contributed by atoms with Gasteiger partial charge in [-0.05, 0) is 61.7 Å². The number of methoxy groups -OCH3 is 2. The van der Waals surface area contributed by atoms with Crippen molar-refractivity contribution in [3.63, 3.8) is 0 Å². The molecule has 3 heterocycles. The Hall–Kier alpha value is -3.49. The standard InChI is InChI=1S/C30H36N2O6/c1-19(2)29-16-31-30(38-29)28-15-23-24(6-5-7-25(23)37-28)36-18-22(33)17-32-12-10-20(11-13-32)21-8-9-26(34-3)27(14-21)35-4/h5-9,14-16,19-20,22,33H,10-13,17-18H2,1-4H3/t22-/m0/s1. The second-order valence-corrected chi connectivity index (χ2v) is 10.2. The highest BCUT2D eigenvalue weighted by atomic mass is 16.5. The van der Waals surface area contributed by atoms with Crippen LogP contribution >= 0.6 is 0 Å². The number of oxazole rings is 1. The van der Waals surface area contributed by atoms with E-state index in [4.69, 9.17) is 23.0 Å². The van der Waals surface area contributed by atoms with Crippen LogP contribution in [0, 0.1) is 0 Å². The number of aliphatic hydroxyl groups is 1. The predicted molar refractivity (Wildman–Crippen MR) is 145 cm³/mol. The van der Waals surface area contributed by atoms with E-state index < -0.39 is 6.10 Å². The molecule has 1 aliphatic heterocycles. The minimum Gasteiger partial charge on any atom is -0.493 e. The molecule has 2 aromatic heterocycles. The maximum absolute atomic E-state index is 10.7. The van der Waals surface area contributed by atoms with Gasteiger partial charge in [-0.3, -0.25) is 0 Å². The average molecular weight is 521 g/mol. The number of piperidine rings is 1. The molecule has 4 aromatic rings. The summed E-state index contributed by atoms with van der Waals surface area (Å²) in [5.74, 6) is 4.71. The fourth-order valence-electron chi connectivity index (χ4n) is 5.03. The minimum atomic E-state index is -0.602. The minimum absolute atomic E-state index is 0.200. The quantitative estimate of drug-likeness (QED) is 0.279. The topological polar surface area (TPSA) is 90.3 Å². The monoisotopic (exact) mass is 520 g/mol. The van der Waals surface area contributed by atoms with E-state index in [-0.39, 0.29) is 12.5 Å². The van der Waals surface area contributed by atoms with E-state index in [0.29, 0.717) is 35.4 Å². The highest BCUT2D eigenvalue weighted by molar-refractivity contribution is 5.87. The third kappa shape index (κ3) is 5.66. The van der Waals surface area contributed by atoms with E-state index in [1.807, 2.05) is 30.3 Å². The van der Waals surface area contributed by atoms with E-state index >= 15 is 0 Å². The van der Waals surface area contributed by atoms with Gasteiger partial charge in [0.05, 0.1) is 25.8 Å². The summed E-state index contributed by atoms with van der Waals surface area (Å²) in [4.78, 5) is 6.66. The van der Waals surface area contributed by atoms with Crippen molar-refractivity contribution in [3.05, 3.63) is 60.0 Å². The molecule has 0 amide bonds. The number of furan rings is 1. The van der Waals surface area contributed by atoms with Crippen LogP contribution in [0.4, 0.5) is 0 Å². The van der Waals surface area contributed by atoms with Crippen molar-refractivity contribution in [3.8, 4) is 28.9 Å². The normalized spacial score (nSPS) is 15.7. The van der Waals surface area contributed by atoms with Crippen LogP contribution in [0.15, 0.2) is 57.5 Å². The van der Waals surface area contributed by atoms with Gasteiger partial charge in [0.2, 0.25) is 0 Å². The van der Waals surface area contributed by atoms with Crippen molar-refractivity contribution in [2.75, 3.05) is 40.5 Å². The summed E-state index contributed by atoms with van der Waals surface area (Å²) in [5, 5.41) is 11.6. The van der Waals surface area contributed by atoms with Gasteiger partial charge in [-0.25, -0.2) is 4.98 Å². The Morgan fingerprint density at radius 3 is 2.50 bits per heavy atom. The largest absolute Gasteiger partial charge is 0.493 e. The summed E-state index contributed by atoms with van der Waals surface area (Å²) < 4.78 is 28.7. The van der Waals surface area contributed by atoms with Crippen LogP contribution in [-0.4, -0.2) is 61.6 Å². The molecular weight excluding hydrogens is 484 g/mol. The Labute approximate surface area is 223 Å². The Balaban J connectivity index is 1.15. The van der Waals surface area contributed by atoms with E-state index in [0.717, 1.165) is 48.6 Å². The summed E-state index contributed by atoms with van der Waals surface area (Å²) in [6.45, 7) is 6.73. The lowest BCUT2D eigenvalue weighted by Gasteiger charge is -2.33. The molecule has 202 valence electrons. The van der Waals surface area contributed by atoms with Gasteiger partial charge in [0.1, 0.15) is 29.8 Å². The van der Waals surface area contributed by atoms with Crippen LogP contribution in [0.1, 0.15) is 49.8 Å². The van der Waals surface area contributed by atoms with Gasteiger partial charge in [0, 0.05) is 18.5 Å². The van der Waals surface area contributed by atoms with Gasteiger partial charge in [-0.1, -0.05) is 26.0 Å². The van der Waals surface area contributed by atoms with Crippen molar-refractivity contribution in [2.24, 2.45) is 0 Å². The van der Waals surface area contributed by atoms with Crippen LogP contribution in [0.3, 0.4) is 0 Å². The molecule has 5 rings (SSSR count). The number of benzene rings is 2. The molecular formula is C30H36N2O6. The van der Waals surface area contributed by atoms with Crippen LogP contribution < -0.4 is 14.2 Å². The number of rotatable bonds is 10. The highest BCUT2D eigenvalue weighted by Crippen LogP contribution is 2.36. The predicted octanol–water partition coefficient (Wildman–Crippen LogP) is 5.85.